The van der Waals surface area contributed by atoms with Crippen LogP contribution in [-0.4, -0.2) is 113 Å². The van der Waals surface area contributed by atoms with Gasteiger partial charge in [0.2, 0.25) is 23.6 Å². The number of carbonyl (C=O) groups is 6. The van der Waals surface area contributed by atoms with Crippen molar-refractivity contribution in [3.05, 3.63) is 71.8 Å². The summed E-state index contributed by atoms with van der Waals surface area (Å²) >= 11 is 1.69. The summed E-state index contributed by atoms with van der Waals surface area (Å²) < 4.78 is 10.4. The molecule has 0 aromatic heterocycles. The monoisotopic (exact) mass is 1020 g/mol. The molecule has 4 amide bonds. The standard InChI is InChI=1S/C48H76N6O8Se2/c49-41(33-39-25-17-15-18-26-39)47(59)53-35-43(55)51-37-45(57)61-29-21-11-7-3-1-5-9-13-23-31-63-64-32-24-14-10-6-2-4-8-12-22-30-62-46(58)38-52-44(56)36-54-48(60)42(50)34-40-27-19-16-20-28-40/h15-20,25-28,41-42H,1-14,21-24,29-38,49-50H2,(H,51,55)(H,52,56)(H,53,59)(H,54,60). The number of ether oxygens (including phenoxy) is 2. The van der Waals surface area contributed by atoms with Crippen LogP contribution in [0.25, 0.3) is 0 Å². The molecule has 2 unspecified atom stereocenters. The number of nitrogens with two attached hydrogens (primary N) is 2. The second-order valence-corrected chi connectivity index (χ2v) is 23.9. The Bertz CT molecular complexity index is 1460. The fraction of sp³-hybridized carbons (Fsp3) is 0.625. The molecule has 16 heteroatoms. The summed E-state index contributed by atoms with van der Waals surface area (Å²) in [4.78, 5) is 72.2. The summed E-state index contributed by atoms with van der Waals surface area (Å²) in [6.45, 7) is -0.244. The number of nitrogens with one attached hydrogen (secondary N) is 4. The Morgan fingerprint density at radius 3 is 1.08 bits per heavy atom. The van der Waals surface area contributed by atoms with Crippen LogP contribution in [0, 0.1) is 0 Å². The molecule has 2 aromatic carbocycles. The van der Waals surface area contributed by atoms with Crippen molar-refractivity contribution in [2.75, 3.05) is 39.4 Å². The van der Waals surface area contributed by atoms with E-state index in [0.717, 1.165) is 75.9 Å². The van der Waals surface area contributed by atoms with Gasteiger partial charge in [0.25, 0.3) is 0 Å². The predicted molar refractivity (Wildman–Crippen MR) is 254 cm³/mol. The maximum absolute atomic E-state index is 12.2. The summed E-state index contributed by atoms with van der Waals surface area (Å²) in [5.41, 5.74) is 13.7. The van der Waals surface area contributed by atoms with E-state index in [9.17, 15) is 28.8 Å². The number of carbonyl (C=O) groups excluding carboxylic acids is 6. The minimum absolute atomic E-state index is 0.225. The van der Waals surface area contributed by atoms with Gasteiger partial charge in [-0.05, 0) is 24.0 Å². The van der Waals surface area contributed by atoms with Gasteiger partial charge >= 0.3 is 187 Å². The molecular formula is C48H76N6O8Se2. The number of benzene rings is 2. The molecule has 2 atom stereocenters. The molecule has 2 aromatic rings. The van der Waals surface area contributed by atoms with E-state index in [2.05, 4.69) is 21.3 Å². The van der Waals surface area contributed by atoms with Crippen molar-refractivity contribution in [2.24, 2.45) is 11.5 Å². The van der Waals surface area contributed by atoms with E-state index in [1.54, 1.807) is 0 Å². The average Bonchev–Trinajstić information content (AvgIpc) is 3.30. The smallest absolute Gasteiger partial charge is 0.346 e. The van der Waals surface area contributed by atoms with E-state index in [0.29, 0.717) is 26.1 Å². The topological polar surface area (TPSA) is 221 Å². The van der Waals surface area contributed by atoms with Crippen LogP contribution in [0.1, 0.15) is 127 Å². The Morgan fingerprint density at radius 2 is 0.734 bits per heavy atom. The molecule has 0 spiro atoms. The molecule has 0 aliphatic rings. The summed E-state index contributed by atoms with van der Waals surface area (Å²) in [5, 5.41) is 12.8. The molecule has 358 valence electrons. The minimum atomic E-state index is -0.759. The first-order valence-electron chi connectivity index (χ1n) is 23.4. The van der Waals surface area contributed by atoms with Gasteiger partial charge in [-0.25, -0.2) is 0 Å². The molecule has 64 heavy (non-hydrogen) atoms. The van der Waals surface area contributed by atoms with Gasteiger partial charge in [0, 0.05) is 0 Å². The van der Waals surface area contributed by atoms with E-state index in [1.165, 1.54) is 87.7 Å². The molecule has 8 N–H and O–H groups in total. The second kappa shape index (κ2) is 38.5. The molecule has 0 bridgehead atoms. The number of hydrogen-bond acceptors (Lipinski definition) is 10. The Kier molecular flexibility index (Phi) is 33.9. The van der Waals surface area contributed by atoms with Gasteiger partial charge < -0.3 is 32.7 Å². The quantitative estimate of drug-likeness (QED) is 0.0304. The Labute approximate surface area is 393 Å². The van der Waals surface area contributed by atoms with Crippen LogP contribution in [0.4, 0.5) is 0 Å². The second-order valence-electron chi connectivity index (χ2n) is 16.0. The molecule has 0 heterocycles. The van der Waals surface area contributed by atoms with Crippen LogP contribution < -0.4 is 32.7 Å². The first kappa shape index (κ1) is 56.3. The first-order chi connectivity index (χ1) is 31.1. The van der Waals surface area contributed by atoms with Crippen molar-refractivity contribution >= 4 is 61.8 Å². The van der Waals surface area contributed by atoms with Crippen LogP contribution >= 0.6 is 0 Å². The van der Waals surface area contributed by atoms with Crippen molar-refractivity contribution < 1.29 is 38.2 Å². The van der Waals surface area contributed by atoms with Gasteiger partial charge in [-0.3, -0.25) is 28.8 Å². The Morgan fingerprint density at radius 1 is 0.422 bits per heavy atom. The Balaban J connectivity index is 1.23. The number of unbranched alkanes of at least 4 members (excludes halogenated alkanes) is 16. The summed E-state index contributed by atoms with van der Waals surface area (Å²) in [6.07, 6.45) is 22.3. The van der Waals surface area contributed by atoms with Crippen molar-refractivity contribution in [3.8, 4) is 0 Å². The third kappa shape index (κ3) is 32.0. The zero-order valence-electron chi connectivity index (χ0n) is 38.0. The number of hydrogen-bond donors (Lipinski definition) is 6. The third-order valence-corrected chi connectivity index (χ3v) is 18.0. The zero-order chi connectivity index (χ0) is 46.3. The molecule has 0 saturated heterocycles. The van der Waals surface area contributed by atoms with Gasteiger partial charge in [-0.15, -0.1) is 0 Å². The van der Waals surface area contributed by atoms with Crippen molar-refractivity contribution in [3.63, 3.8) is 0 Å². The number of esters is 2. The predicted octanol–water partition coefficient (Wildman–Crippen LogP) is 4.86. The van der Waals surface area contributed by atoms with Crippen LogP contribution in [0.5, 0.6) is 0 Å². The first-order valence-corrected chi connectivity index (χ1v) is 30.1. The minimum Gasteiger partial charge on any atom is -0.346 e. The zero-order valence-corrected chi connectivity index (χ0v) is 41.4. The summed E-state index contributed by atoms with van der Waals surface area (Å²) in [6, 6.07) is 17.3. The van der Waals surface area contributed by atoms with Crippen molar-refractivity contribution in [1.29, 1.82) is 0 Å². The number of amides is 4. The van der Waals surface area contributed by atoms with Crippen molar-refractivity contribution in [2.45, 2.75) is 151 Å². The molecule has 0 aliphatic heterocycles. The summed E-state index contributed by atoms with van der Waals surface area (Å²) in [5.74, 6) is -2.74. The van der Waals surface area contributed by atoms with Crippen molar-refractivity contribution in [1.82, 2.24) is 21.3 Å². The van der Waals surface area contributed by atoms with Gasteiger partial charge in [-0.1, -0.05) is 60.7 Å². The van der Waals surface area contributed by atoms with E-state index in [4.69, 9.17) is 20.9 Å². The van der Waals surface area contributed by atoms with Gasteiger partial charge in [0.1, 0.15) is 13.1 Å². The van der Waals surface area contributed by atoms with Gasteiger partial charge in [0.05, 0.1) is 25.2 Å². The van der Waals surface area contributed by atoms with E-state index in [1.807, 2.05) is 60.7 Å². The molecule has 0 radical (unpaired) electrons. The molecule has 2 rings (SSSR count). The third-order valence-electron chi connectivity index (χ3n) is 10.3. The fourth-order valence-corrected chi connectivity index (χ4v) is 13.6. The van der Waals surface area contributed by atoms with Crippen LogP contribution in [0.2, 0.25) is 10.6 Å². The van der Waals surface area contributed by atoms with Gasteiger partial charge in [-0.2, -0.15) is 0 Å². The number of rotatable bonds is 39. The molecular weight excluding hydrogens is 946 g/mol. The van der Waals surface area contributed by atoms with Gasteiger partial charge in [0.15, 0.2) is 0 Å². The molecule has 0 aliphatic carbocycles. The molecule has 14 nitrogen and oxygen atoms in total. The Hall–Kier alpha value is -3.78. The van der Waals surface area contributed by atoms with Crippen LogP contribution in [0.3, 0.4) is 0 Å². The molecule has 0 saturated carbocycles. The van der Waals surface area contributed by atoms with E-state index in [-0.39, 0.29) is 26.2 Å². The van der Waals surface area contributed by atoms with Crippen LogP contribution in [-0.2, 0) is 51.1 Å². The fourth-order valence-electron chi connectivity index (χ4n) is 6.58. The average molecular weight is 1020 g/mol. The maximum atomic E-state index is 12.2. The summed E-state index contributed by atoms with van der Waals surface area (Å²) in [7, 11) is 0. The van der Waals surface area contributed by atoms with E-state index >= 15 is 0 Å². The van der Waals surface area contributed by atoms with E-state index < -0.39 is 47.7 Å². The normalized spacial score (nSPS) is 11.8. The van der Waals surface area contributed by atoms with Crippen LogP contribution in [0.15, 0.2) is 60.7 Å². The SMILES string of the molecule is NC(Cc1ccccc1)C(=O)NCC(=O)NCC(=O)OCCCCCCCCCCC[Se][Se]CCCCCCCCCCCOC(=O)CNC(=O)CNC(=O)C(N)Cc1ccccc1. The molecule has 0 fully saturated rings.